The highest BCUT2D eigenvalue weighted by Gasteiger charge is 2.33. The Balaban J connectivity index is 2.07. The number of hydrogen-bond donors (Lipinski definition) is 6. The number of hydrogen-bond acceptors (Lipinski definition) is 6. The monoisotopic (exact) mass is 672 g/mol. The van der Waals surface area contributed by atoms with Gasteiger partial charge in [-0.15, -0.1) is 0 Å². The van der Waals surface area contributed by atoms with Crippen molar-refractivity contribution in [2.45, 2.75) is 136 Å². The van der Waals surface area contributed by atoms with Crippen molar-refractivity contribution in [3.05, 3.63) is 30.1 Å². The molecule has 0 aliphatic heterocycles. The third kappa shape index (κ3) is 13.5. The van der Waals surface area contributed by atoms with Crippen molar-refractivity contribution >= 4 is 29.5 Å². The third-order valence-corrected chi connectivity index (χ3v) is 9.19. The van der Waals surface area contributed by atoms with Crippen molar-refractivity contribution in [2.75, 3.05) is 13.1 Å². The summed E-state index contributed by atoms with van der Waals surface area (Å²) in [5.74, 6) is -1.26. The zero-order valence-corrected chi connectivity index (χ0v) is 30.2. The highest BCUT2D eigenvalue weighted by Crippen LogP contribution is 2.26. The zero-order chi connectivity index (χ0) is 35.6. The van der Waals surface area contributed by atoms with Gasteiger partial charge in [0.05, 0.1) is 11.6 Å². The van der Waals surface area contributed by atoms with Crippen LogP contribution in [0.3, 0.4) is 0 Å². The summed E-state index contributed by atoms with van der Waals surface area (Å²) in [6, 6.07) is 0.206. The fourth-order valence-electron chi connectivity index (χ4n) is 6.19. The first-order valence-electron chi connectivity index (χ1n) is 18.1. The number of nitrogens with one attached hydrogen (secondary N) is 7. The minimum Gasteiger partial charge on any atom is -0.355 e. The summed E-state index contributed by atoms with van der Waals surface area (Å²) in [7, 11) is 0. The predicted molar refractivity (Wildman–Crippen MR) is 187 cm³/mol. The third-order valence-electron chi connectivity index (χ3n) is 9.19. The molecule has 0 aromatic carbocycles. The Labute approximate surface area is 287 Å². The number of rotatable bonds is 20. The van der Waals surface area contributed by atoms with Crippen LogP contribution in [-0.2, 0) is 19.2 Å². The van der Waals surface area contributed by atoms with Crippen molar-refractivity contribution in [1.82, 2.24) is 31.9 Å². The number of likely N-dealkylation sites (N-methyl/N-ethyl adjacent to an activating group) is 1. The van der Waals surface area contributed by atoms with Gasteiger partial charge >= 0.3 is 0 Å². The van der Waals surface area contributed by atoms with Gasteiger partial charge in [0.1, 0.15) is 18.1 Å². The van der Waals surface area contributed by atoms with Crippen molar-refractivity contribution in [1.29, 1.82) is 0 Å². The smallest absolute Gasteiger partial charge is 0.252 e. The number of carbonyl (C=O) groups excluding carboxylic acids is 5. The Morgan fingerprint density at radius 3 is 2.06 bits per heavy atom. The van der Waals surface area contributed by atoms with E-state index in [1.807, 2.05) is 27.7 Å². The molecule has 1 saturated carbocycles. The van der Waals surface area contributed by atoms with Gasteiger partial charge in [-0.1, -0.05) is 66.7 Å². The maximum Gasteiger partial charge on any atom is 0.252 e. The number of aromatic nitrogens is 1. The number of carbonyl (C=O) groups is 5. The van der Waals surface area contributed by atoms with E-state index in [4.69, 9.17) is 0 Å². The predicted octanol–water partition coefficient (Wildman–Crippen LogP) is 2.64. The summed E-state index contributed by atoms with van der Waals surface area (Å²) in [5, 5.41) is 18.0. The van der Waals surface area contributed by atoms with Crippen molar-refractivity contribution in [3.8, 4) is 0 Å². The molecule has 12 heteroatoms. The molecule has 5 amide bonds. The Kier molecular flexibility index (Phi) is 18.1. The molecule has 1 aromatic rings. The van der Waals surface area contributed by atoms with Crippen LogP contribution in [-0.4, -0.2) is 72.8 Å². The first kappa shape index (κ1) is 40.6. The molecular weight excluding hydrogens is 610 g/mol. The normalized spacial score (nSPS) is 17.2. The molecule has 0 radical (unpaired) electrons. The van der Waals surface area contributed by atoms with Crippen LogP contribution in [0.25, 0.3) is 0 Å². The minimum atomic E-state index is -0.817. The second-order valence-electron chi connectivity index (χ2n) is 13.7. The van der Waals surface area contributed by atoms with Crippen LogP contribution in [0, 0.1) is 17.8 Å². The SMILES string of the molecule is CCC[C@H](NC(=O)C(NC(=O)c1cc[nH+]cc1)C(C)CC)C(=O)NC(CN[C@@H](C)C(=O)NC(C(=O)NCC)C1CCCCC1)CC(C)C. The lowest BCUT2D eigenvalue weighted by atomic mass is 9.83. The lowest BCUT2D eigenvalue weighted by molar-refractivity contribution is -0.378. The van der Waals surface area contributed by atoms with Gasteiger partial charge in [0.2, 0.25) is 23.6 Å². The number of pyridine rings is 1. The van der Waals surface area contributed by atoms with E-state index in [-0.39, 0.29) is 47.4 Å². The van der Waals surface area contributed by atoms with Crippen LogP contribution < -0.4 is 36.9 Å². The molecule has 2 rings (SSSR count). The fourth-order valence-corrected chi connectivity index (χ4v) is 6.19. The summed E-state index contributed by atoms with van der Waals surface area (Å²) in [4.78, 5) is 69.1. The second kappa shape index (κ2) is 21.4. The van der Waals surface area contributed by atoms with E-state index >= 15 is 0 Å². The molecule has 0 saturated heterocycles. The van der Waals surface area contributed by atoms with Crippen LogP contribution in [0.4, 0.5) is 0 Å². The molecule has 48 heavy (non-hydrogen) atoms. The molecule has 1 aromatic heterocycles. The van der Waals surface area contributed by atoms with Crippen LogP contribution in [0.15, 0.2) is 24.5 Å². The highest BCUT2D eigenvalue weighted by molar-refractivity contribution is 5.98. The summed E-state index contributed by atoms with van der Waals surface area (Å²) in [5.41, 5.74) is 0.429. The molecule has 0 bridgehead atoms. The molecule has 0 spiro atoms. The molecule has 1 heterocycles. The minimum absolute atomic E-state index is 0.116. The van der Waals surface area contributed by atoms with Crippen molar-refractivity contribution in [2.24, 2.45) is 17.8 Å². The Hall–Kier alpha value is -3.54. The second-order valence-corrected chi connectivity index (χ2v) is 13.7. The van der Waals surface area contributed by atoms with Crippen molar-refractivity contribution in [3.63, 3.8) is 0 Å². The van der Waals surface area contributed by atoms with Gasteiger partial charge in [-0.05, 0) is 57.3 Å². The topological polar surface area (TPSA) is 172 Å². The van der Waals surface area contributed by atoms with Crippen LogP contribution in [0.2, 0.25) is 0 Å². The van der Waals surface area contributed by atoms with Gasteiger partial charge in [0.25, 0.3) is 5.91 Å². The van der Waals surface area contributed by atoms with E-state index in [0.29, 0.717) is 44.3 Å². The van der Waals surface area contributed by atoms with Gasteiger partial charge in [-0.3, -0.25) is 24.0 Å². The lowest BCUT2D eigenvalue weighted by Gasteiger charge is -2.31. The summed E-state index contributed by atoms with van der Waals surface area (Å²) in [6.07, 6.45) is 10.8. The molecule has 7 N–H and O–H groups in total. The van der Waals surface area contributed by atoms with E-state index in [9.17, 15) is 24.0 Å². The Morgan fingerprint density at radius 1 is 0.812 bits per heavy atom. The quantitative estimate of drug-likeness (QED) is 0.124. The van der Waals surface area contributed by atoms with E-state index in [0.717, 1.165) is 32.1 Å². The number of amides is 5. The van der Waals surface area contributed by atoms with Gasteiger partial charge < -0.3 is 31.9 Å². The summed E-state index contributed by atoms with van der Waals surface area (Å²) in [6.45, 7) is 14.4. The van der Waals surface area contributed by atoms with E-state index < -0.39 is 30.1 Å². The first-order valence-corrected chi connectivity index (χ1v) is 18.1. The van der Waals surface area contributed by atoms with Gasteiger partial charge in [-0.2, -0.15) is 0 Å². The largest absolute Gasteiger partial charge is 0.355 e. The Morgan fingerprint density at radius 2 is 1.48 bits per heavy atom. The summed E-state index contributed by atoms with van der Waals surface area (Å²) >= 11 is 0. The van der Waals surface area contributed by atoms with E-state index in [1.165, 1.54) is 0 Å². The molecule has 12 nitrogen and oxygen atoms in total. The van der Waals surface area contributed by atoms with Crippen LogP contribution >= 0.6 is 0 Å². The molecule has 1 aliphatic carbocycles. The molecule has 1 aliphatic rings. The van der Waals surface area contributed by atoms with E-state index in [1.54, 1.807) is 31.5 Å². The van der Waals surface area contributed by atoms with Gasteiger partial charge in [0, 0.05) is 31.3 Å². The lowest BCUT2D eigenvalue weighted by Crippen LogP contribution is -2.58. The zero-order valence-electron chi connectivity index (χ0n) is 30.2. The number of H-pyrrole nitrogens is 1. The molecular formula is C36H62N7O5+. The average Bonchev–Trinajstić information content (AvgIpc) is 3.07. The molecule has 1 fully saturated rings. The average molecular weight is 673 g/mol. The van der Waals surface area contributed by atoms with E-state index in [2.05, 4.69) is 50.7 Å². The first-order chi connectivity index (χ1) is 22.9. The maximum absolute atomic E-state index is 13.6. The molecule has 4 unspecified atom stereocenters. The van der Waals surface area contributed by atoms with Crippen LogP contribution in [0.1, 0.15) is 117 Å². The van der Waals surface area contributed by atoms with Gasteiger partial charge in [-0.25, -0.2) is 4.98 Å². The maximum atomic E-state index is 13.6. The standard InChI is InChI=1S/C36H61N7O5/c1-8-14-29(41-36(48)30(24(6)9-2)42-33(45)27-17-19-37-20-18-27)34(46)40-28(21-23(4)5)22-39-25(7)32(44)43-31(35(47)38-10-3)26-15-12-11-13-16-26/h17-20,23-26,28-31,39H,8-16,21-22H2,1-7H3,(H,38,47)(H,40,46)(H,41,48)(H,42,45)(H,43,44)/p+1/t24?,25-,28?,29-,30?,31?/m0/s1. The molecule has 270 valence electrons. The number of aromatic amines is 1. The highest BCUT2D eigenvalue weighted by atomic mass is 16.2. The Bertz CT molecular complexity index is 1160. The molecule has 6 atom stereocenters. The fraction of sp³-hybridized carbons (Fsp3) is 0.722. The van der Waals surface area contributed by atoms with Crippen molar-refractivity contribution < 1.29 is 29.0 Å². The summed E-state index contributed by atoms with van der Waals surface area (Å²) < 4.78 is 0. The van der Waals surface area contributed by atoms with Gasteiger partial charge in [0.15, 0.2) is 12.4 Å². The van der Waals surface area contributed by atoms with Crippen LogP contribution in [0.5, 0.6) is 0 Å².